The zero-order valence-corrected chi connectivity index (χ0v) is 9.60. The van der Waals surface area contributed by atoms with E-state index in [4.69, 9.17) is 11.1 Å². The largest absolute Gasteiger partial charge is 0.388 e. The fourth-order valence-electron chi connectivity index (χ4n) is 1.18. The summed E-state index contributed by atoms with van der Waals surface area (Å²) in [5, 5.41) is 12.7. The van der Waals surface area contributed by atoms with E-state index in [-0.39, 0.29) is 17.9 Å². The van der Waals surface area contributed by atoms with Crippen molar-refractivity contribution in [3.8, 4) is 0 Å². The molecule has 0 aromatic carbocycles. The molecule has 0 fully saturated rings. The number of nitrogens with two attached hydrogens (primary N) is 1. The van der Waals surface area contributed by atoms with Crippen molar-refractivity contribution in [3.05, 3.63) is 0 Å². The molecule has 0 aliphatic rings. The normalized spacial score (nSPS) is 11.9. The molecular weight excluding hydrogens is 192 g/mol. The monoisotopic (exact) mass is 214 g/mol. The number of carbonyl (C=O) groups is 1. The van der Waals surface area contributed by atoms with Gasteiger partial charge in [0.05, 0.1) is 5.84 Å². The van der Waals surface area contributed by atoms with Crippen molar-refractivity contribution in [2.24, 2.45) is 5.73 Å². The minimum atomic E-state index is -0.170. The first-order valence-electron chi connectivity index (χ1n) is 5.47. The molecule has 1 unspecified atom stereocenters. The number of amidine groups is 1. The Bertz CT molecular complexity index is 206. The molecule has 0 spiro atoms. The van der Waals surface area contributed by atoms with E-state index in [1.807, 2.05) is 6.92 Å². The number of unbranched alkanes of at least 4 members (excludes halogenated alkanes) is 1. The van der Waals surface area contributed by atoms with Gasteiger partial charge < -0.3 is 16.4 Å². The highest BCUT2D eigenvalue weighted by Crippen LogP contribution is 1.96. The van der Waals surface area contributed by atoms with E-state index < -0.39 is 0 Å². The van der Waals surface area contributed by atoms with Crippen LogP contribution in [-0.4, -0.2) is 24.5 Å². The van der Waals surface area contributed by atoms with Gasteiger partial charge in [0.15, 0.2) is 0 Å². The molecule has 0 rings (SSSR count). The summed E-state index contributed by atoms with van der Waals surface area (Å²) in [6.07, 6.45) is 3.24. The van der Waals surface area contributed by atoms with Crippen molar-refractivity contribution in [1.82, 2.24) is 10.6 Å². The summed E-state index contributed by atoms with van der Waals surface area (Å²) in [5.41, 5.74) is 5.28. The van der Waals surface area contributed by atoms with Crippen LogP contribution >= 0.6 is 0 Å². The summed E-state index contributed by atoms with van der Waals surface area (Å²) < 4.78 is 0. The molecule has 0 aromatic rings. The van der Waals surface area contributed by atoms with Crippen molar-refractivity contribution in [2.45, 2.75) is 45.6 Å². The van der Waals surface area contributed by atoms with Crippen molar-refractivity contribution < 1.29 is 4.79 Å². The summed E-state index contributed by atoms with van der Waals surface area (Å²) in [7, 11) is 0. The average Bonchev–Trinajstić information content (AvgIpc) is 2.16. The average molecular weight is 214 g/mol. The lowest BCUT2D eigenvalue weighted by Gasteiger charge is -2.16. The summed E-state index contributed by atoms with van der Waals surface area (Å²) >= 11 is 0. The third-order valence-corrected chi connectivity index (χ3v) is 2.11. The van der Waals surface area contributed by atoms with E-state index in [1.54, 1.807) is 0 Å². The van der Waals surface area contributed by atoms with E-state index in [0.717, 1.165) is 19.3 Å². The standard InChI is InChI=1S/C10H22N4O/c1-3-5-6-13-10(15)14-8(4-2)7-9(11)12/h8H,3-7H2,1-2H3,(H3,11,12)(H2,13,14,15). The predicted molar refractivity (Wildman–Crippen MR) is 62.1 cm³/mol. The van der Waals surface area contributed by atoms with Gasteiger partial charge in [-0.15, -0.1) is 0 Å². The third-order valence-electron chi connectivity index (χ3n) is 2.11. The maximum Gasteiger partial charge on any atom is 0.315 e. The number of rotatable bonds is 7. The number of hydrogen-bond acceptors (Lipinski definition) is 2. The van der Waals surface area contributed by atoms with Crippen molar-refractivity contribution >= 4 is 11.9 Å². The lowest BCUT2D eigenvalue weighted by molar-refractivity contribution is 0.236. The maximum absolute atomic E-state index is 11.3. The molecule has 0 aliphatic carbocycles. The van der Waals surface area contributed by atoms with Crippen LogP contribution in [0.3, 0.4) is 0 Å². The van der Waals surface area contributed by atoms with Gasteiger partial charge in [-0.25, -0.2) is 4.79 Å². The molecule has 0 saturated carbocycles. The molecule has 0 bridgehead atoms. The highest BCUT2D eigenvalue weighted by molar-refractivity contribution is 5.79. The van der Waals surface area contributed by atoms with Gasteiger partial charge in [-0.1, -0.05) is 20.3 Å². The van der Waals surface area contributed by atoms with Crippen LogP contribution in [0.2, 0.25) is 0 Å². The second kappa shape index (κ2) is 8.08. The smallest absolute Gasteiger partial charge is 0.315 e. The highest BCUT2D eigenvalue weighted by Gasteiger charge is 2.10. The summed E-state index contributed by atoms with van der Waals surface area (Å²) in [6.45, 7) is 4.73. The van der Waals surface area contributed by atoms with Crippen LogP contribution in [-0.2, 0) is 0 Å². The first kappa shape index (κ1) is 13.7. The Kier molecular flexibility index (Phi) is 7.40. The van der Waals surface area contributed by atoms with E-state index in [2.05, 4.69) is 17.6 Å². The number of carbonyl (C=O) groups excluding carboxylic acids is 1. The minimum absolute atomic E-state index is 0.0378. The molecule has 0 saturated heterocycles. The SMILES string of the molecule is CCCCNC(=O)NC(CC)CC(=N)N. The van der Waals surface area contributed by atoms with Gasteiger partial charge in [-0.2, -0.15) is 0 Å². The molecule has 1 atom stereocenters. The Morgan fingerprint density at radius 2 is 2.13 bits per heavy atom. The highest BCUT2D eigenvalue weighted by atomic mass is 16.2. The number of hydrogen-bond donors (Lipinski definition) is 4. The minimum Gasteiger partial charge on any atom is -0.388 e. The molecule has 2 amide bonds. The molecule has 0 heterocycles. The van der Waals surface area contributed by atoms with Crippen molar-refractivity contribution in [2.75, 3.05) is 6.54 Å². The molecular formula is C10H22N4O. The Labute approximate surface area is 91.3 Å². The first-order valence-corrected chi connectivity index (χ1v) is 5.47. The zero-order valence-electron chi connectivity index (χ0n) is 9.60. The number of amides is 2. The van der Waals surface area contributed by atoms with Gasteiger partial charge in [0.1, 0.15) is 0 Å². The Morgan fingerprint density at radius 3 is 2.60 bits per heavy atom. The molecule has 0 radical (unpaired) electrons. The van der Waals surface area contributed by atoms with Gasteiger partial charge >= 0.3 is 6.03 Å². The maximum atomic E-state index is 11.3. The number of urea groups is 1. The van der Waals surface area contributed by atoms with Crippen LogP contribution in [0.25, 0.3) is 0 Å². The summed E-state index contributed by atoms with van der Waals surface area (Å²) in [4.78, 5) is 11.3. The van der Waals surface area contributed by atoms with Gasteiger partial charge in [-0.05, 0) is 12.8 Å². The summed E-state index contributed by atoms with van der Waals surface area (Å²) in [6, 6.07) is -0.208. The van der Waals surface area contributed by atoms with Gasteiger partial charge in [0.2, 0.25) is 0 Å². The van der Waals surface area contributed by atoms with Crippen LogP contribution in [0.4, 0.5) is 4.79 Å². The van der Waals surface area contributed by atoms with Crippen LogP contribution in [0.1, 0.15) is 39.5 Å². The first-order chi connectivity index (χ1) is 7.10. The van der Waals surface area contributed by atoms with Crippen LogP contribution < -0.4 is 16.4 Å². The molecule has 88 valence electrons. The zero-order chi connectivity index (χ0) is 11.7. The van der Waals surface area contributed by atoms with Gasteiger partial charge in [0, 0.05) is 19.0 Å². The molecule has 0 aliphatic heterocycles. The molecule has 5 nitrogen and oxygen atoms in total. The molecule has 15 heavy (non-hydrogen) atoms. The van der Waals surface area contributed by atoms with Crippen molar-refractivity contribution in [3.63, 3.8) is 0 Å². The third kappa shape index (κ3) is 7.78. The fourth-order valence-corrected chi connectivity index (χ4v) is 1.18. The molecule has 5 N–H and O–H groups in total. The van der Waals surface area contributed by atoms with Gasteiger partial charge in [0.25, 0.3) is 0 Å². The Morgan fingerprint density at radius 1 is 1.47 bits per heavy atom. The molecule has 5 heteroatoms. The topological polar surface area (TPSA) is 91.0 Å². The van der Waals surface area contributed by atoms with E-state index in [9.17, 15) is 4.79 Å². The van der Waals surface area contributed by atoms with Crippen LogP contribution in [0.5, 0.6) is 0 Å². The van der Waals surface area contributed by atoms with E-state index in [0.29, 0.717) is 13.0 Å². The fraction of sp³-hybridized carbons (Fsp3) is 0.800. The predicted octanol–water partition coefficient (Wildman–Crippen LogP) is 1.19. The lowest BCUT2D eigenvalue weighted by atomic mass is 10.1. The van der Waals surface area contributed by atoms with Crippen LogP contribution in [0.15, 0.2) is 0 Å². The second-order valence-electron chi connectivity index (χ2n) is 3.59. The van der Waals surface area contributed by atoms with E-state index >= 15 is 0 Å². The Balaban J connectivity index is 3.75. The van der Waals surface area contributed by atoms with E-state index in [1.165, 1.54) is 0 Å². The number of nitrogens with one attached hydrogen (secondary N) is 3. The second-order valence-corrected chi connectivity index (χ2v) is 3.59. The van der Waals surface area contributed by atoms with Gasteiger partial charge in [-0.3, -0.25) is 5.41 Å². The summed E-state index contributed by atoms with van der Waals surface area (Å²) in [5.74, 6) is 0.107. The quantitative estimate of drug-likeness (QED) is 0.291. The lowest BCUT2D eigenvalue weighted by Crippen LogP contribution is -2.43. The van der Waals surface area contributed by atoms with Crippen LogP contribution in [0, 0.1) is 5.41 Å². The molecule has 0 aromatic heterocycles. The van der Waals surface area contributed by atoms with Crippen molar-refractivity contribution in [1.29, 1.82) is 5.41 Å². The Hall–Kier alpha value is -1.26.